The van der Waals surface area contributed by atoms with Crippen molar-refractivity contribution in [1.29, 1.82) is 0 Å². The van der Waals surface area contributed by atoms with Gasteiger partial charge in [-0.15, -0.1) is 0 Å². The van der Waals surface area contributed by atoms with Crippen molar-refractivity contribution in [3.8, 4) is 0 Å². The molecule has 2 aromatic rings. The number of halogens is 1. The quantitative estimate of drug-likeness (QED) is 0.831. The predicted octanol–water partition coefficient (Wildman–Crippen LogP) is 3.18. The van der Waals surface area contributed by atoms with Gasteiger partial charge in [-0.05, 0) is 42.5 Å². The van der Waals surface area contributed by atoms with Crippen molar-refractivity contribution in [1.82, 2.24) is 0 Å². The van der Waals surface area contributed by atoms with Crippen LogP contribution in [0.15, 0.2) is 48.5 Å². The van der Waals surface area contributed by atoms with Crippen molar-refractivity contribution in [2.24, 2.45) is 0 Å². The Hall–Kier alpha value is -2.53. The van der Waals surface area contributed by atoms with Crippen molar-refractivity contribution < 1.29 is 14.3 Å². The standard InChI is InChI=1S/C16H15ClN2O3/c1-22-16(21)11-5-7-13(8-6-11)18-10-15(20)19-14-4-2-3-12(17)9-14/h2-9,18H,10H2,1H3,(H,19,20). The first-order chi connectivity index (χ1) is 10.6. The first kappa shape index (κ1) is 15.9. The zero-order valence-corrected chi connectivity index (χ0v) is 12.7. The Morgan fingerprint density at radius 2 is 1.82 bits per heavy atom. The molecule has 0 aliphatic rings. The van der Waals surface area contributed by atoms with Crippen LogP contribution in [0.5, 0.6) is 0 Å². The second-order valence-electron chi connectivity index (χ2n) is 4.48. The van der Waals surface area contributed by atoms with E-state index < -0.39 is 5.97 Å². The minimum absolute atomic E-state index is 0.101. The Balaban J connectivity index is 1.87. The molecule has 6 heteroatoms. The van der Waals surface area contributed by atoms with Gasteiger partial charge in [0.25, 0.3) is 0 Å². The Morgan fingerprint density at radius 1 is 1.09 bits per heavy atom. The second kappa shape index (κ2) is 7.47. The summed E-state index contributed by atoms with van der Waals surface area (Å²) in [4.78, 5) is 23.1. The number of ether oxygens (including phenoxy) is 1. The zero-order chi connectivity index (χ0) is 15.9. The molecule has 0 heterocycles. The Bertz CT molecular complexity index is 671. The van der Waals surface area contributed by atoms with Crippen LogP contribution in [0, 0.1) is 0 Å². The van der Waals surface area contributed by atoms with Crippen LogP contribution in [0.2, 0.25) is 5.02 Å². The summed E-state index contributed by atoms with van der Waals surface area (Å²) in [7, 11) is 1.33. The third-order valence-electron chi connectivity index (χ3n) is 2.87. The van der Waals surface area contributed by atoms with Gasteiger partial charge in [0.1, 0.15) is 0 Å². The molecule has 0 spiro atoms. The number of rotatable bonds is 5. The van der Waals surface area contributed by atoms with Gasteiger partial charge in [-0.2, -0.15) is 0 Å². The molecule has 22 heavy (non-hydrogen) atoms. The van der Waals surface area contributed by atoms with Crippen LogP contribution < -0.4 is 10.6 Å². The van der Waals surface area contributed by atoms with Crippen LogP contribution in [0.25, 0.3) is 0 Å². The van der Waals surface area contributed by atoms with Crippen molar-refractivity contribution in [3.63, 3.8) is 0 Å². The largest absolute Gasteiger partial charge is 0.465 e. The summed E-state index contributed by atoms with van der Waals surface area (Å²) in [5.41, 5.74) is 1.82. The highest BCUT2D eigenvalue weighted by Crippen LogP contribution is 2.15. The first-order valence-electron chi connectivity index (χ1n) is 6.56. The van der Waals surface area contributed by atoms with Gasteiger partial charge in [0.15, 0.2) is 0 Å². The van der Waals surface area contributed by atoms with Gasteiger partial charge in [-0.3, -0.25) is 4.79 Å². The molecular weight excluding hydrogens is 304 g/mol. The van der Waals surface area contributed by atoms with Crippen molar-refractivity contribution in [2.75, 3.05) is 24.3 Å². The number of hydrogen-bond donors (Lipinski definition) is 2. The lowest BCUT2D eigenvalue weighted by atomic mass is 10.2. The molecule has 0 aromatic heterocycles. The van der Waals surface area contributed by atoms with Gasteiger partial charge in [-0.25, -0.2) is 4.79 Å². The topological polar surface area (TPSA) is 67.4 Å². The molecule has 0 atom stereocenters. The summed E-state index contributed by atoms with van der Waals surface area (Å²) < 4.78 is 4.62. The highest BCUT2D eigenvalue weighted by molar-refractivity contribution is 6.30. The molecule has 0 aliphatic carbocycles. The van der Waals surface area contributed by atoms with E-state index in [0.29, 0.717) is 16.3 Å². The van der Waals surface area contributed by atoms with E-state index in [1.807, 2.05) is 0 Å². The molecule has 2 rings (SSSR count). The van der Waals surface area contributed by atoms with Gasteiger partial charge >= 0.3 is 5.97 Å². The van der Waals surface area contributed by atoms with Crippen molar-refractivity contribution in [3.05, 3.63) is 59.1 Å². The molecule has 2 N–H and O–H groups in total. The Kier molecular flexibility index (Phi) is 5.38. The van der Waals surface area contributed by atoms with Crippen LogP contribution in [0.3, 0.4) is 0 Å². The summed E-state index contributed by atoms with van der Waals surface area (Å²) in [6, 6.07) is 13.6. The number of nitrogens with one attached hydrogen (secondary N) is 2. The lowest BCUT2D eigenvalue weighted by Crippen LogP contribution is -2.21. The van der Waals surface area contributed by atoms with Crippen LogP contribution in [-0.2, 0) is 9.53 Å². The highest BCUT2D eigenvalue weighted by Gasteiger charge is 2.06. The maximum absolute atomic E-state index is 11.8. The van der Waals surface area contributed by atoms with E-state index in [-0.39, 0.29) is 12.5 Å². The number of carbonyl (C=O) groups is 2. The van der Waals surface area contributed by atoms with E-state index in [2.05, 4.69) is 15.4 Å². The molecule has 0 bridgehead atoms. The fourth-order valence-electron chi connectivity index (χ4n) is 1.80. The smallest absolute Gasteiger partial charge is 0.337 e. The van der Waals surface area contributed by atoms with E-state index in [1.54, 1.807) is 48.5 Å². The predicted molar refractivity (Wildman–Crippen MR) is 86.4 cm³/mol. The summed E-state index contributed by atoms with van der Waals surface area (Å²) in [6.45, 7) is 0.101. The number of carbonyl (C=O) groups excluding carboxylic acids is 2. The minimum atomic E-state index is -0.398. The maximum Gasteiger partial charge on any atom is 0.337 e. The van der Waals surface area contributed by atoms with E-state index >= 15 is 0 Å². The molecule has 0 aliphatic heterocycles. The van der Waals surface area contributed by atoms with Gasteiger partial charge in [0.2, 0.25) is 5.91 Å². The molecule has 1 amide bonds. The summed E-state index contributed by atoms with van der Waals surface area (Å²) in [5, 5.41) is 6.26. The summed E-state index contributed by atoms with van der Waals surface area (Å²) >= 11 is 5.85. The van der Waals surface area contributed by atoms with Gasteiger partial charge in [-0.1, -0.05) is 17.7 Å². The summed E-state index contributed by atoms with van der Waals surface area (Å²) in [5.74, 6) is -0.593. The number of amides is 1. The van der Waals surface area contributed by atoms with Crippen LogP contribution >= 0.6 is 11.6 Å². The average molecular weight is 319 g/mol. The molecule has 5 nitrogen and oxygen atoms in total. The average Bonchev–Trinajstić information content (AvgIpc) is 2.52. The van der Waals surface area contributed by atoms with E-state index in [9.17, 15) is 9.59 Å². The molecule has 0 unspecified atom stereocenters. The first-order valence-corrected chi connectivity index (χ1v) is 6.94. The Morgan fingerprint density at radius 3 is 2.45 bits per heavy atom. The molecule has 2 aromatic carbocycles. The van der Waals surface area contributed by atoms with E-state index in [4.69, 9.17) is 11.6 Å². The lowest BCUT2D eigenvalue weighted by Gasteiger charge is -2.08. The van der Waals surface area contributed by atoms with E-state index in [0.717, 1.165) is 5.69 Å². The van der Waals surface area contributed by atoms with E-state index in [1.165, 1.54) is 7.11 Å². The number of benzene rings is 2. The van der Waals surface area contributed by atoms with Gasteiger partial charge in [0.05, 0.1) is 19.2 Å². The normalized spacial score (nSPS) is 9.91. The lowest BCUT2D eigenvalue weighted by molar-refractivity contribution is -0.114. The SMILES string of the molecule is COC(=O)c1ccc(NCC(=O)Nc2cccc(Cl)c2)cc1. The van der Waals surface area contributed by atoms with Crippen molar-refractivity contribution >= 4 is 34.9 Å². The Labute approximate surface area is 133 Å². The molecule has 114 valence electrons. The third-order valence-corrected chi connectivity index (χ3v) is 3.10. The zero-order valence-electron chi connectivity index (χ0n) is 11.9. The van der Waals surface area contributed by atoms with Crippen LogP contribution in [-0.4, -0.2) is 25.5 Å². The highest BCUT2D eigenvalue weighted by atomic mass is 35.5. The van der Waals surface area contributed by atoms with Gasteiger partial charge in [0, 0.05) is 16.4 Å². The third kappa shape index (κ3) is 4.49. The number of anilines is 2. The number of hydrogen-bond acceptors (Lipinski definition) is 4. The molecule has 0 saturated carbocycles. The maximum atomic E-state index is 11.8. The monoisotopic (exact) mass is 318 g/mol. The fourth-order valence-corrected chi connectivity index (χ4v) is 1.99. The molecule has 0 fully saturated rings. The van der Waals surface area contributed by atoms with Crippen LogP contribution in [0.4, 0.5) is 11.4 Å². The molecular formula is C16H15ClN2O3. The van der Waals surface area contributed by atoms with Gasteiger partial charge < -0.3 is 15.4 Å². The van der Waals surface area contributed by atoms with Crippen LogP contribution in [0.1, 0.15) is 10.4 Å². The summed E-state index contributed by atoms with van der Waals surface area (Å²) in [6.07, 6.45) is 0. The molecule has 0 saturated heterocycles. The van der Waals surface area contributed by atoms with Crippen molar-refractivity contribution in [2.45, 2.75) is 0 Å². The number of esters is 1. The fraction of sp³-hybridized carbons (Fsp3) is 0.125. The number of methoxy groups -OCH3 is 1. The molecule has 0 radical (unpaired) electrons. The second-order valence-corrected chi connectivity index (χ2v) is 4.92. The minimum Gasteiger partial charge on any atom is -0.465 e.